The molecule has 2 aromatic carbocycles. The molecule has 1 atom stereocenters. The molecule has 29 heavy (non-hydrogen) atoms. The zero-order valence-corrected chi connectivity index (χ0v) is 18.3. The quantitative estimate of drug-likeness (QED) is 0.620. The summed E-state index contributed by atoms with van der Waals surface area (Å²) in [5.74, 6) is 1.56. The van der Waals surface area contributed by atoms with Crippen molar-refractivity contribution in [1.82, 2.24) is 5.32 Å². The van der Waals surface area contributed by atoms with E-state index in [4.69, 9.17) is 14.2 Å². The van der Waals surface area contributed by atoms with E-state index in [2.05, 4.69) is 61.6 Å². The molecular formula is C25H35NO3. The van der Waals surface area contributed by atoms with E-state index in [0.29, 0.717) is 0 Å². The molecular weight excluding hydrogens is 362 g/mol. The third-order valence-electron chi connectivity index (χ3n) is 6.04. The maximum absolute atomic E-state index is 6.03. The Labute approximate surface area is 175 Å². The Morgan fingerprint density at radius 1 is 0.966 bits per heavy atom. The number of ether oxygens (including phenoxy) is 3. The highest BCUT2D eigenvalue weighted by Crippen LogP contribution is 2.43. The Kier molecular flexibility index (Phi) is 7.20. The van der Waals surface area contributed by atoms with Crippen LogP contribution < -0.4 is 14.8 Å². The minimum atomic E-state index is -0.0757. The molecule has 0 unspecified atom stereocenters. The maximum Gasteiger partial charge on any atom is 0.160 e. The fourth-order valence-electron chi connectivity index (χ4n) is 4.59. The van der Waals surface area contributed by atoms with Gasteiger partial charge in [-0.2, -0.15) is 0 Å². The predicted octanol–water partition coefficient (Wildman–Crippen LogP) is 4.75. The molecule has 0 bridgehead atoms. The van der Waals surface area contributed by atoms with Crippen LogP contribution in [0, 0.1) is 0 Å². The van der Waals surface area contributed by atoms with Gasteiger partial charge in [0.15, 0.2) is 11.5 Å². The third-order valence-corrected chi connectivity index (χ3v) is 6.04. The number of hydrogen-bond donors (Lipinski definition) is 1. The lowest BCUT2D eigenvalue weighted by Crippen LogP contribution is -2.45. The zero-order valence-electron chi connectivity index (χ0n) is 18.3. The monoisotopic (exact) mass is 397 g/mol. The van der Waals surface area contributed by atoms with E-state index in [9.17, 15) is 0 Å². The van der Waals surface area contributed by atoms with E-state index in [0.717, 1.165) is 56.9 Å². The number of benzene rings is 2. The fraction of sp³-hybridized carbons (Fsp3) is 0.520. The van der Waals surface area contributed by atoms with Gasteiger partial charge in [0.05, 0.1) is 19.8 Å². The molecule has 4 heteroatoms. The Balaban J connectivity index is 1.57. The van der Waals surface area contributed by atoms with Gasteiger partial charge in [-0.1, -0.05) is 36.4 Å². The number of hydrogen-bond acceptors (Lipinski definition) is 4. The molecule has 1 aliphatic heterocycles. The summed E-state index contributed by atoms with van der Waals surface area (Å²) in [6.45, 7) is 7.20. The average molecular weight is 398 g/mol. The topological polar surface area (TPSA) is 39.7 Å². The van der Waals surface area contributed by atoms with Crippen LogP contribution in [-0.2, 0) is 16.6 Å². The van der Waals surface area contributed by atoms with Crippen LogP contribution in [-0.4, -0.2) is 39.5 Å². The van der Waals surface area contributed by atoms with Crippen molar-refractivity contribution in [3.05, 3.63) is 59.7 Å². The molecule has 1 saturated heterocycles. The van der Waals surface area contributed by atoms with Crippen molar-refractivity contribution < 1.29 is 14.2 Å². The van der Waals surface area contributed by atoms with Crippen LogP contribution >= 0.6 is 0 Å². The molecule has 0 saturated carbocycles. The summed E-state index contributed by atoms with van der Waals surface area (Å²) < 4.78 is 16.8. The Morgan fingerprint density at radius 3 is 2.41 bits per heavy atom. The predicted molar refractivity (Wildman–Crippen MR) is 118 cm³/mol. The minimum absolute atomic E-state index is 0.0757. The normalized spacial score (nSPS) is 21.0. The van der Waals surface area contributed by atoms with Crippen LogP contribution in [0.4, 0.5) is 0 Å². The smallest absolute Gasteiger partial charge is 0.160 e. The van der Waals surface area contributed by atoms with Crippen LogP contribution in [0.5, 0.6) is 11.5 Å². The lowest BCUT2D eigenvalue weighted by molar-refractivity contribution is -0.0839. The maximum atomic E-state index is 6.03. The summed E-state index contributed by atoms with van der Waals surface area (Å²) >= 11 is 0. The number of nitrogens with one attached hydrogen (secondary N) is 1. The van der Waals surface area contributed by atoms with Crippen LogP contribution in [0.25, 0.3) is 0 Å². The zero-order chi connectivity index (χ0) is 20.7. The summed E-state index contributed by atoms with van der Waals surface area (Å²) in [6.07, 6.45) is 4.22. The van der Waals surface area contributed by atoms with Crippen LogP contribution in [0.3, 0.4) is 0 Å². The first-order valence-electron chi connectivity index (χ1n) is 10.6. The SMILES string of the molecule is COc1ccc(CCNCC[C@]2(c3ccccc3)CCOC(C)(C)C2)cc1OC. The highest BCUT2D eigenvalue weighted by molar-refractivity contribution is 5.43. The van der Waals surface area contributed by atoms with Crippen molar-refractivity contribution in [1.29, 1.82) is 0 Å². The van der Waals surface area contributed by atoms with E-state index in [1.807, 2.05) is 6.07 Å². The molecule has 1 heterocycles. The third kappa shape index (κ3) is 5.52. The van der Waals surface area contributed by atoms with Crippen molar-refractivity contribution in [3.63, 3.8) is 0 Å². The lowest BCUT2D eigenvalue weighted by atomic mass is 9.67. The first-order valence-corrected chi connectivity index (χ1v) is 10.6. The molecule has 1 N–H and O–H groups in total. The van der Waals surface area contributed by atoms with Crippen molar-refractivity contribution in [2.45, 2.75) is 50.5 Å². The molecule has 0 aromatic heterocycles. The minimum Gasteiger partial charge on any atom is -0.493 e. The van der Waals surface area contributed by atoms with E-state index in [1.54, 1.807) is 14.2 Å². The highest BCUT2D eigenvalue weighted by atomic mass is 16.5. The molecule has 4 nitrogen and oxygen atoms in total. The largest absolute Gasteiger partial charge is 0.493 e. The van der Waals surface area contributed by atoms with E-state index in [1.165, 1.54) is 11.1 Å². The van der Waals surface area contributed by atoms with Crippen LogP contribution in [0.15, 0.2) is 48.5 Å². The van der Waals surface area contributed by atoms with Gasteiger partial charge in [-0.15, -0.1) is 0 Å². The molecule has 1 aliphatic rings. The van der Waals surface area contributed by atoms with Gasteiger partial charge >= 0.3 is 0 Å². The van der Waals surface area contributed by atoms with E-state index >= 15 is 0 Å². The van der Waals surface area contributed by atoms with Gasteiger partial charge < -0.3 is 19.5 Å². The average Bonchev–Trinajstić information content (AvgIpc) is 2.73. The van der Waals surface area contributed by atoms with Crippen LogP contribution in [0.1, 0.15) is 44.2 Å². The highest BCUT2D eigenvalue weighted by Gasteiger charge is 2.41. The Hall–Kier alpha value is -2.04. The van der Waals surface area contributed by atoms with Gasteiger partial charge in [0.25, 0.3) is 0 Å². The molecule has 0 spiro atoms. The van der Waals surface area contributed by atoms with Gasteiger partial charge in [0, 0.05) is 12.0 Å². The van der Waals surface area contributed by atoms with E-state index < -0.39 is 0 Å². The van der Waals surface area contributed by atoms with Crippen molar-refractivity contribution >= 4 is 0 Å². The molecule has 0 aliphatic carbocycles. The molecule has 158 valence electrons. The first kappa shape index (κ1) is 21.7. The van der Waals surface area contributed by atoms with Crippen LogP contribution in [0.2, 0.25) is 0 Å². The van der Waals surface area contributed by atoms with Crippen molar-refractivity contribution in [3.8, 4) is 11.5 Å². The van der Waals surface area contributed by atoms with E-state index in [-0.39, 0.29) is 11.0 Å². The molecule has 1 fully saturated rings. The molecule has 3 rings (SSSR count). The van der Waals surface area contributed by atoms with Gasteiger partial charge in [-0.3, -0.25) is 0 Å². The molecule has 0 radical (unpaired) electrons. The van der Waals surface area contributed by atoms with Gasteiger partial charge in [0.1, 0.15) is 0 Å². The second kappa shape index (κ2) is 9.64. The Morgan fingerprint density at radius 2 is 1.72 bits per heavy atom. The second-order valence-electron chi connectivity index (χ2n) is 8.62. The van der Waals surface area contributed by atoms with Gasteiger partial charge in [-0.05, 0) is 75.9 Å². The summed E-state index contributed by atoms with van der Waals surface area (Å²) in [4.78, 5) is 0. The lowest BCUT2D eigenvalue weighted by Gasteiger charge is -2.45. The van der Waals surface area contributed by atoms with Crippen molar-refractivity contribution in [2.75, 3.05) is 33.9 Å². The number of methoxy groups -OCH3 is 2. The second-order valence-corrected chi connectivity index (χ2v) is 8.62. The summed E-state index contributed by atoms with van der Waals surface area (Å²) in [7, 11) is 3.34. The molecule has 2 aromatic rings. The van der Waals surface area contributed by atoms with Gasteiger partial charge in [-0.25, -0.2) is 0 Å². The summed E-state index contributed by atoms with van der Waals surface area (Å²) in [5.41, 5.74) is 2.80. The van der Waals surface area contributed by atoms with Crippen molar-refractivity contribution in [2.24, 2.45) is 0 Å². The first-order chi connectivity index (χ1) is 14.0. The standard InChI is InChI=1S/C25H35NO3/c1-24(2)19-25(14-17-29-24,21-8-6-5-7-9-21)13-16-26-15-12-20-10-11-22(27-3)23(18-20)28-4/h5-11,18,26H,12-17,19H2,1-4H3/t25-/m0/s1. The summed E-state index contributed by atoms with van der Waals surface area (Å²) in [6, 6.07) is 17.1. The fourth-order valence-corrected chi connectivity index (χ4v) is 4.59. The Bertz CT molecular complexity index is 775. The number of rotatable bonds is 9. The molecule has 0 amide bonds. The summed E-state index contributed by atoms with van der Waals surface area (Å²) in [5, 5.41) is 3.66. The van der Waals surface area contributed by atoms with Gasteiger partial charge in [0.2, 0.25) is 0 Å².